The van der Waals surface area contributed by atoms with E-state index in [9.17, 15) is 5.11 Å². The zero-order chi connectivity index (χ0) is 12.4. The summed E-state index contributed by atoms with van der Waals surface area (Å²) in [5.74, 6) is 1.34. The molecular formula is C15H32O. The van der Waals surface area contributed by atoms with Crippen LogP contribution in [0.25, 0.3) is 0 Å². The van der Waals surface area contributed by atoms with Gasteiger partial charge in [0.2, 0.25) is 0 Å². The predicted molar refractivity (Wildman–Crippen MR) is 72.6 cm³/mol. The molecule has 0 unspecified atom stereocenters. The Morgan fingerprint density at radius 2 is 1.44 bits per heavy atom. The average Bonchev–Trinajstić information content (AvgIpc) is 2.24. The van der Waals surface area contributed by atoms with Crippen LogP contribution in [-0.2, 0) is 0 Å². The molecule has 0 rings (SSSR count). The molecule has 16 heavy (non-hydrogen) atoms. The molecule has 0 spiro atoms. The molecule has 98 valence electrons. The SMILES string of the molecule is CCCCCC[C@@H](C)CCC[C@H](C)[C@@H](C)O. The fourth-order valence-corrected chi connectivity index (χ4v) is 2.09. The van der Waals surface area contributed by atoms with Crippen molar-refractivity contribution in [3.05, 3.63) is 0 Å². The van der Waals surface area contributed by atoms with Crippen molar-refractivity contribution < 1.29 is 5.11 Å². The summed E-state index contributed by atoms with van der Waals surface area (Å²) >= 11 is 0. The van der Waals surface area contributed by atoms with Crippen molar-refractivity contribution in [1.29, 1.82) is 0 Å². The second-order valence-electron chi connectivity index (χ2n) is 5.60. The van der Waals surface area contributed by atoms with Gasteiger partial charge in [-0.15, -0.1) is 0 Å². The van der Waals surface area contributed by atoms with Crippen molar-refractivity contribution in [3.8, 4) is 0 Å². The topological polar surface area (TPSA) is 20.2 Å². The molecule has 1 heteroatoms. The van der Waals surface area contributed by atoms with Gasteiger partial charge in [0, 0.05) is 0 Å². The standard InChI is InChI=1S/C15H32O/c1-5-6-7-8-10-13(2)11-9-12-14(3)15(4)16/h13-16H,5-12H2,1-4H3/t13-,14+,15-/m1/s1. The summed E-state index contributed by atoms with van der Waals surface area (Å²) in [6.45, 7) is 8.69. The van der Waals surface area contributed by atoms with E-state index in [4.69, 9.17) is 0 Å². The van der Waals surface area contributed by atoms with Gasteiger partial charge >= 0.3 is 0 Å². The highest BCUT2D eigenvalue weighted by Crippen LogP contribution is 2.19. The maximum absolute atomic E-state index is 9.39. The van der Waals surface area contributed by atoms with Crippen molar-refractivity contribution >= 4 is 0 Å². The molecule has 0 saturated heterocycles. The highest BCUT2D eigenvalue weighted by Gasteiger charge is 2.09. The fraction of sp³-hybridized carbons (Fsp3) is 1.00. The molecule has 0 saturated carbocycles. The van der Waals surface area contributed by atoms with E-state index in [2.05, 4.69) is 20.8 Å². The van der Waals surface area contributed by atoms with Crippen LogP contribution in [0.2, 0.25) is 0 Å². The van der Waals surface area contributed by atoms with E-state index in [0.29, 0.717) is 5.92 Å². The first-order valence-corrected chi connectivity index (χ1v) is 7.26. The number of hydrogen-bond acceptors (Lipinski definition) is 1. The van der Waals surface area contributed by atoms with E-state index >= 15 is 0 Å². The van der Waals surface area contributed by atoms with Gasteiger partial charge in [-0.25, -0.2) is 0 Å². The zero-order valence-corrected chi connectivity index (χ0v) is 11.8. The number of rotatable bonds is 10. The Bertz CT molecular complexity index is 142. The maximum atomic E-state index is 9.39. The van der Waals surface area contributed by atoms with Crippen LogP contribution in [0, 0.1) is 11.8 Å². The van der Waals surface area contributed by atoms with Crippen LogP contribution >= 0.6 is 0 Å². The van der Waals surface area contributed by atoms with E-state index in [1.54, 1.807) is 0 Å². The normalized spacial score (nSPS) is 17.1. The third-order valence-electron chi connectivity index (χ3n) is 3.73. The minimum Gasteiger partial charge on any atom is -0.393 e. The van der Waals surface area contributed by atoms with Crippen LogP contribution < -0.4 is 0 Å². The van der Waals surface area contributed by atoms with Crippen LogP contribution in [0.15, 0.2) is 0 Å². The lowest BCUT2D eigenvalue weighted by atomic mass is 9.93. The maximum Gasteiger partial charge on any atom is 0.0537 e. The van der Waals surface area contributed by atoms with Crippen molar-refractivity contribution in [2.75, 3.05) is 0 Å². The molecule has 1 nitrogen and oxygen atoms in total. The third-order valence-corrected chi connectivity index (χ3v) is 3.73. The minimum atomic E-state index is -0.139. The number of aliphatic hydroxyl groups excluding tert-OH is 1. The molecule has 0 amide bonds. The van der Waals surface area contributed by atoms with Crippen molar-refractivity contribution in [2.45, 2.75) is 85.2 Å². The largest absolute Gasteiger partial charge is 0.393 e. The molecule has 0 aromatic carbocycles. The Hall–Kier alpha value is -0.0400. The van der Waals surface area contributed by atoms with Crippen LogP contribution in [0.4, 0.5) is 0 Å². The van der Waals surface area contributed by atoms with Gasteiger partial charge in [0.15, 0.2) is 0 Å². The van der Waals surface area contributed by atoms with Gasteiger partial charge in [0.1, 0.15) is 0 Å². The molecular weight excluding hydrogens is 196 g/mol. The Labute approximate surface area is 103 Å². The quantitative estimate of drug-likeness (QED) is 0.533. The van der Waals surface area contributed by atoms with Gasteiger partial charge in [-0.2, -0.15) is 0 Å². The monoisotopic (exact) mass is 228 g/mol. The fourth-order valence-electron chi connectivity index (χ4n) is 2.09. The molecule has 0 bridgehead atoms. The lowest BCUT2D eigenvalue weighted by Crippen LogP contribution is -2.13. The van der Waals surface area contributed by atoms with Crippen LogP contribution in [-0.4, -0.2) is 11.2 Å². The van der Waals surface area contributed by atoms with Gasteiger partial charge in [-0.3, -0.25) is 0 Å². The minimum absolute atomic E-state index is 0.139. The molecule has 1 N–H and O–H groups in total. The second kappa shape index (κ2) is 10.1. The Kier molecular flexibility index (Phi) is 10.1. The summed E-state index contributed by atoms with van der Waals surface area (Å²) in [5.41, 5.74) is 0. The van der Waals surface area contributed by atoms with Gasteiger partial charge in [-0.1, -0.05) is 65.7 Å². The van der Waals surface area contributed by atoms with Crippen LogP contribution in [0.1, 0.15) is 79.1 Å². The van der Waals surface area contributed by atoms with Gasteiger partial charge in [0.25, 0.3) is 0 Å². The van der Waals surface area contributed by atoms with Gasteiger partial charge < -0.3 is 5.11 Å². The predicted octanol–water partition coefficient (Wildman–Crippen LogP) is 4.78. The van der Waals surface area contributed by atoms with Crippen molar-refractivity contribution in [3.63, 3.8) is 0 Å². The molecule has 0 aromatic rings. The molecule has 0 aliphatic heterocycles. The first-order chi connectivity index (χ1) is 7.57. The van der Waals surface area contributed by atoms with E-state index in [1.807, 2.05) is 6.92 Å². The summed E-state index contributed by atoms with van der Waals surface area (Å²) in [6, 6.07) is 0. The Morgan fingerprint density at radius 3 is 2.00 bits per heavy atom. The van der Waals surface area contributed by atoms with Crippen LogP contribution in [0.5, 0.6) is 0 Å². The first kappa shape index (κ1) is 16.0. The molecule has 3 atom stereocenters. The summed E-state index contributed by atoms with van der Waals surface area (Å²) in [5, 5.41) is 9.39. The molecule has 0 aliphatic rings. The molecule has 0 heterocycles. The number of unbranched alkanes of at least 4 members (excludes halogenated alkanes) is 3. The summed E-state index contributed by atoms with van der Waals surface area (Å²) in [4.78, 5) is 0. The van der Waals surface area contributed by atoms with Crippen LogP contribution in [0.3, 0.4) is 0 Å². The molecule has 0 aliphatic carbocycles. The molecule has 0 aromatic heterocycles. The molecule has 0 radical (unpaired) electrons. The summed E-state index contributed by atoms with van der Waals surface area (Å²) < 4.78 is 0. The number of aliphatic hydroxyl groups is 1. The highest BCUT2D eigenvalue weighted by molar-refractivity contribution is 4.61. The van der Waals surface area contributed by atoms with E-state index in [-0.39, 0.29) is 6.10 Å². The van der Waals surface area contributed by atoms with E-state index < -0.39 is 0 Å². The summed E-state index contributed by atoms with van der Waals surface area (Å²) in [6.07, 6.45) is 10.6. The Morgan fingerprint density at radius 1 is 0.812 bits per heavy atom. The molecule has 0 fully saturated rings. The smallest absolute Gasteiger partial charge is 0.0537 e. The second-order valence-corrected chi connectivity index (χ2v) is 5.60. The van der Waals surface area contributed by atoms with E-state index in [1.165, 1.54) is 51.4 Å². The lowest BCUT2D eigenvalue weighted by Gasteiger charge is -2.16. The van der Waals surface area contributed by atoms with Crippen molar-refractivity contribution in [1.82, 2.24) is 0 Å². The van der Waals surface area contributed by atoms with Gasteiger partial charge in [0.05, 0.1) is 6.10 Å². The first-order valence-electron chi connectivity index (χ1n) is 7.26. The highest BCUT2D eigenvalue weighted by atomic mass is 16.3. The lowest BCUT2D eigenvalue weighted by molar-refractivity contribution is 0.127. The van der Waals surface area contributed by atoms with E-state index in [0.717, 1.165) is 5.92 Å². The average molecular weight is 228 g/mol. The summed E-state index contributed by atoms with van der Waals surface area (Å²) in [7, 11) is 0. The third kappa shape index (κ3) is 9.21. The van der Waals surface area contributed by atoms with Gasteiger partial charge in [-0.05, 0) is 25.2 Å². The number of hydrogen-bond donors (Lipinski definition) is 1. The Balaban J connectivity index is 3.33. The zero-order valence-electron chi connectivity index (χ0n) is 11.8. The van der Waals surface area contributed by atoms with Crippen molar-refractivity contribution in [2.24, 2.45) is 11.8 Å².